The van der Waals surface area contributed by atoms with Crippen LogP contribution in [0, 0.1) is 0 Å². The number of amides is 2. The maximum atomic E-state index is 11.5. The van der Waals surface area contributed by atoms with Gasteiger partial charge in [0.05, 0.1) is 11.7 Å². The number of para-hydroxylation sites is 2. The second kappa shape index (κ2) is 5.58. The number of nitrogens with one attached hydrogen (secondary N) is 1. The van der Waals surface area contributed by atoms with Crippen LogP contribution in [0.15, 0.2) is 24.3 Å². The van der Waals surface area contributed by atoms with E-state index in [1.165, 1.54) is 0 Å². The Labute approximate surface area is 118 Å². The van der Waals surface area contributed by atoms with Crippen LogP contribution in [0.4, 0.5) is 10.5 Å². The fourth-order valence-electron chi connectivity index (χ4n) is 2.77. The SMILES string of the molecule is Nc1ccccc1OCCN1CCN2C(=O)NCC2C1. The molecule has 2 heterocycles. The van der Waals surface area contributed by atoms with E-state index in [2.05, 4.69) is 10.2 Å². The third-order valence-corrected chi connectivity index (χ3v) is 3.90. The highest BCUT2D eigenvalue weighted by Gasteiger charge is 2.35. The number of hydrogen-bond donors (Lipinski definition) is 2. The van der Waals surface area contributed by atoms with Crippen LogP contribution < -0.4 is 15.8 Å². The molecule has 1 aromatic carbocycles. The molecule has 0 aliphatic carbocycles. The van der Waals surface area contributed by atoms with E-state index in [-0.39, 0.29) is 6.03 Å². The largest absolute Gasteiger partial charge is 0.490 e. The molecule has 0 aromatic heterocycles. The molecule has 0 spiro atoms. The lowest BCUT2D eigenvalue weighted by molar-refractivity contribution is 0.108. The number of anilines is 1. The maximum Gasteiger partial charge on any atom is 0.317 e. The van der Waals surface area contributed by atoms with Gasteiger partial charge in [-0.2, -0.15) is 0 Å². The van der Waals surface area contributed by atoms with Crippen molar-refractivity contribution in [2.24, 2.45) is 0 Å². The maximum absolute atomic E-state index is 11.5. The summed E-state index contributed by atoms with van der Waals surface area (Å²) in [5.41, 5.74) is 6.50. The van der Waals surface area contributed by atoms with Crippen molar-refractivity contribution in [3.05, 3.63) is 24.3 Å². The molecule has 1 aromatic rings. The van der Waals surface area contributed by atoms with Gasteiger partial charge in [-0.15, -0.1) is 0 Å². The summed E-state index contributed by atoms with van der Waals surface area (Å²) in [4.78, 5) is 15.8. The highest BCUT2D eigenvalue weighted by molar-refractivity contribution is 5.77. The Hall–Kier alpha value is -1.95. The quantitative estimate of drug-likeness (QED) is 0.779. The molecule has 6 heteroatoms. The lowest BCUT2D eigenvalue weighted by Crippen LogP contribution is -2.52. The lowest BCUT2D eigenvalue weighted by Gasteiger charge is -2.36. The molecule has 2 aliphatic heterocycles. The Balaban J connectivity index is 1.46. The fourth-order valence-corrected chi connectivity index (χ4v) is 2.77. The van der Waals surface area contributed by atoms with E-state index < -0.39 is 0 Å². The molecule has 20 heavy (non-hydrogen) atoms. The van der Waals surface area contributed by atoms with Crippen LogP contribution in [0.1, 0.15) is 0 Å². The van der Waals surface area contributed by atoms with Crippen LogP contribution in [0.2, 0.25) is 0 Å². The molecule has 6 nitrogen and oxygen atoms in total. The first-order chi connectivity index (χ1) is 9.74. The monoisotopic (exact) mass is 276 g/mol. The number of nitrogens with two attached hydrogens (primary N) is 1. The highest BCUT2D eigenvalue weighted by atomic mass is 16.5. The van der Waals surface area contributed by atoms with Gasteiger partial charge in [-0.25, -0.2) is 4.79 Å². The van der Waals surface area contributed by atoms with Gasteiger partial charge >= 0.3 is 6.03 Å². The predicted molar refractivity (Wildman–Crippen MR) is 76.7 cm³/mol. The van der Waals surface area contributed by atoms with Gasteiger partial charge in [0, 0.05) is 32.7 Å². The van der Waals surface area contributed by atoms with Crippen molar-refractivity contribution < 1.29 is 9.53 Å². The topological polar surface area (TPSA) is 70.8 Å². The standard InChI is InChI=1S/C14H20N4O2/c15-12-3-1-2-4-13(12)20-8-7-17-5-6-18-11(10-17)9-16-14(18)19/h1-4,11H,5-10,15H2,(H,16,19). The highest BCUT2D eigenvalue weighted by Crippen LogP contribution is 2.20. The van der Waals surface area contributed by atoms with Gasteiger partial charge in [0.1, 0.15) is 12.4 Å². The third kappa shape index (κ3) is 2.65. The number of fused-ring (bicyclic) bond motifs is 1. The van der Waals surface area contributed by atoms with E-state index in [1.807, 2.05) is 29.2 Å². The van der Waals surface area contributed by atoms with Crippen LogP contribution in [-0.4, -0.2) is 61.2 Å². The minimum absolute atomic E-state index is 0.0722. The van der Waals surface area contributed by atoms with Crippen molar-refractivity contribution in [2.75, 3.05) is 45.1 Å². The first-order valence-corrected chi connectivity index (χ1v) is 6.98. The molecule has 0 bridgehead atoms. The fraction of sp³-hybridized carbons (Fsp3) is 0.500. The molecule has 1 unspecified atom stereocenters. The smallest absolute Gasteiger partial charge is 0.317 e. The third-order valence-electron chi connectivity index (χ3n) is 3.90. The average Bonchev–Trinajstić information content (AvgIpc) is 2.82. The van der Waals surface area contributed by atoms with E-state index in [4.69, 9.17) is 10.5 Å². The lowest BCUT2D eigenvalue weighted by atomic mass is 10.2. The van der Waals surface area contributed by atoms with E-state index in [0.29, 0.717) is 18.3 Å². The number of nitrogens with zero attached hydrogens (tertiary/aromatic N) is 2. The average molecular weight is 276 g/mol. The summed E-state index contributed by atoms with van der Waals surface area (Å²) < 4.78 is 5.71. The molecule has 2 aliphatic rings. The number of nitrogen functional groups attached to an aromatic ring is 1. The molecule has 2 amide bonds. The van der Waals surface area contributed by atoms with Crippen LogP contribution in [0.3, 0.4) is 0 Å². The number of piperazine rings is 1. The van der Waals surface area contributed by atoms with Crippen LogP contribution in [0.5, 0.6) is 5.75 Å². The first-order valence-electron chi connectivity index (χ1n) is 6.98. The van der Waals surface area contributed by atoms with E-state index in [0.717, 1.165) is 38.5 Å². The summed E-state index contributed by atoms with van der Waals surface area (Å²) in [6, 6.07) is 7.91. The molecule has 0 saturated carbocycles. The van der Waals surface area contributed by atoms with E-state index in [1.54, 1.807) is 0 Å². The molecule has 108 valence electrons. The molecular formula is C14H20N4O2. The molecule has 1 atom stereocenters. The second-order valence-electron chi connectivity index (χ2n) is 5.22. The molecular weight excluding hydrogens is 256 g/mol. The van der Waals surface area contributed by atoms with Crippen molar-refractivity contribution in [1.29, 1.82) is 0 Å². The zero-order valence-corrected chi connectivity index (χ0v) is 11.4. The molecule has 3 rings (SSSR count). The summed E-state index contributed by atoms with van der Waals surface area (Å²) in [5.74, 6) is 0.740. The number of carbonyl (C=O) groups is 1. The van der Waals surface area contributed by atoms with Gasteiger partial charge in [0.15, 0.2) is 0 Å². The Bertz CT molecular complexity index is 494. The second-order valence-corrected chi connectivity index (χ2v) is 5.22. The molecule has 2 fully saturated rings. The summed E-state index contributed by atoms with van der Waals surface area (Å²) in [5, 5.41) is 2.88. The molecule has 2 saturated heterocycles. The van der Waals surface area contributed by atoms with Gasteiger partial charge < -0.3 is 20.7 Å². The summed E-state index contributed by atoms with van der Waals surface area (Å²) in [6.07, 6.45) is 0. The van der Waals surface area contributed by atoms with Crippen molar-refractivity contribution in [3.63, 3.8) is 0 Å². The Morgan fingerprint density at radius 2 is 2.20 bits per heavy atom. The van der Waals surface area contributed by atoms with Crippen molar-refractivity contribution in [3.8, 4) is 5.75 Å². The Morgan fingerprint density at radius 3 is 3.05 bits per heavy atom. The van der Waals surface area contributed by atoms with Crippen LogP contribution >= 0.6 is 0 Å². The minimum atomic E-state index is 0.0722. The molecule has 3 N–H and O–H groups in total. The number of carbonyl (C=O) groups excluding carboxylic acids is 1. The Kier molecular flexibility index (Phi) is 3.64. The number of benzene rings is 1. The summed E-state index contributed by atoms with van der Waals surface area (Å²) >= 11 is 0. The molecule has 0 radical (unpaired) electrons. The number of urea groups is 1. The number of hydrogen-bond acceptors (Lipinski definition) is 4. The van der Waals surface area contributed by atoms with Crippen molar-refractivity contribution in [2.45, 2.75) is 6.04 Å². The zero-order valence-electron chi connectivity index (χ0n) is 11.4. The Morgan fingerprint density at radius 1 is 1.35 bits per heavy atom. The van der Waals surface area contributed by atoms with E-state index in [9.17, 15) is 4.79 Å². The summed E-state index contributed by atoms with van der Waals surface area (Å²) in [6.45, 7) is 4.82. The predicted octanol–water partition coefficient (Wildman–Crippen LogP) is 0.357. The van der Waals surface area contributed by atoms with Gasteiger partial charge in [0.25, 0.3) is 0 Å². The first kappa shape index (κ1) is 13.1. The normalized spacial score (nSPS) is 22.5. The van der Waals surface area contributed by atoms with Gasteiger partial charge in [-0.3, -0.25) is 4.90 Å². The van der Waals surface area contributed by atoms with Gasteiger partial charge in [-0.1, -0.05) is 12.1 Å². The van der Waals surface area contributed by atoms with Crippen LogP contribution in [-0.2, 0) is 0 Å². The van der Waals surface area contributed by atoms with Gasteiger partial charge in [0.2, 0.25) is 0 Å². The van der Waals surface area contributed by atoms with Gasteiger partial charge in [-0.05, 0) is 12.1 Å². The minimum Gasteiger partial charge on any atom is -0.490 e. The number of ether oxygens (including phenoxy) is 1. The van der Waals surface area contributed by atoms with Crippen molar-refractivity contribution >= 4 is 11.7 Å². The number of rotatable bonds is 4. The van der Waals surface area contributed by atoms with Crippen molar-refractivity contribution in [1.82, 2.24) is 15.1 Å². The van der Waals surface area contributed by atoms with E-state index >= 15 is 0 Å². The summed E-state index contributed by atoms with van der Waals surface area (Å²) in [7, 11) is 0. The zero-order chi connectivity index (χ0) is 13.9. The van der Waals surface area contributed by atoms with Crippen LogP contribution in [0.25, 0.3) is 0 Å².